The Labute approximate surface area is 306 Å². The maximum Gasteiger partial charge on any atom is 0.407 e. The number of aryl methyl sites for hydroxylation is 1. The third-order valence-electron chi connectivity index (χ3n) is 10.2. The summed E-state index contributed by atoms with van der Waals surface area (Å²) in [5, 5.41) is 6.60. The number of fused-ring (bicyclic) bond motifs is 3. The van der Waals surface area contributed by atoms with Crippen molar-refractivity contribution in [1.29, 1.82) is 0 Å². The molecule has 3 fully saturated rings. The van der Waals surface area contributed by atoms with Crippen LogP contribution in [0.2, 0.25) is 0 Å². The van der Waals surface area contributed by atoms with E-state index < -0.39 is 74.1 Å². The van der Waals surface area contributed by atoms with Gasteiger partial charge in [-0.2, -0.15) is 0 Å². The summed E-state index contributed by atoms with van der Waals surface area (Å²) in [4.78, 5) is 61.1. The molecule has 0 unspecified atom stereocenters. The minimum absolute atomic E-state index is 0.0146. The minimum atomic E-state index is -3.89. The maximum absolute atomic E-state index is 14.5. The molecule has 2 aliphatic heterocycles. The Balaban J connectivity index is 1.33. The third kappa shape index (κ3) is 8.03. The molecule has 2 aromatic rings. The van der Waals surface area contributed by atoms with Crippen molar-refractivity contribution in [3.8, 4) is 5.88 Å². The number of carbonyl (C=O) groups excluding carboxylic acids is 4. The molecule has 3 N–H and O–H groups in total. The lowest BCUT2D eigenvalue weighted by Crippen LogP contribution is -2.60. The molecule has 2 saturated carbocycles. The molecule has 6 rings (SSSR count). The van der Waals surface area contributed by atoms with Crippen LogP contribution in [-0.4, -0.2) is 84.2 Å². The first-order valence-corrected chi connectivity index (χ1v) is 19.9. The summed E-state index contributed by atoms with van der Waals surface area (Å²) >= 11 is 3.71. The molecule has 4 bridgehead atoms. The van der Waals surface area contributed by atoms with E-state index in [1.165, 1.54) is 11.0 Å². The second-order valence-electron chi connectivity index (χ2n) is 15.2. The van der Waals surface area contributed by atoms with Gasteiger partial charge in [0.25, 0.3) is 5.91 Å². The zero-order valence-corrected chi connectivity index (χ0v) is 31.6. The molecule has 276 valence electrons. The summed E-state index contributed by atoms with van der Waals surface area (Å²) in [5.74, 6) is -2.15. The highest BCUT2D eigenvalue weighted by Gasteiger charge is 2.62. The van der Waals surface area contributed by atoms with E-state index in [2.05, 4.69) is 55.0 Å². The molecule has 4 aliphatic rings. The number of sulfonamides is 1. The van der Waals surface area contributed by atoms with E-state index in [4.69, 9.17) is 9.47 Å². The highest BCUT2D eigenvalue weighted by molar-refractivity contribution is 9.10. The molecule has 2 aliphatic carbocycles. The largest absolute Gasteiger partial charge is 0.472 e. The minimum Gasteiger partial charge on any atom is -0.472 e. The van der Waals surface area contributed by atoms with Gasteiger partial charge in [-0.15, -0.1) is 6.58 Å². The van der Waals surface area contributed by atoms with Crippen LogP contribution in [0.1, 0.15) is 77.7 Å². The standard InChI is InChI=1S/C36H46BrN5O8S/c1-5-22-19-36(22,33(45)41-51(47,48)24-11-12-24)40-30(43)28-18-23-20-42(28)32(44)29(35(2,3)4)39-34(46)49-15-9-7-6-8-10-21-16-26-25(27(37)17-21)13-14-38-31(26)50-23/h5,13-14,16-17,22-24,28-29H,1,6-12,15,18-20H2,2-4H3,(H,39,46)(H,40,43)(H,41,45)/t22-,23+,28-,29+,36+/m0/s1. The first kappa shape index (κ1) is 37.1. The quantitative estimate of drug-likeness (QED) is 0.362. The Kier molecular flexibility index (Phi) is 10.4. The number of aromatic nitrogens is 1. The summed E-state index contributed by atoms with van der Waals surface area (Å²) in [6.07, 6.45) is 7.13. The Bertz CT molecular complexity index is 1840. The predicted molar refractivity (Wildman–Crippen MR) is 193 cm³/mol. The smallest absolute Gasteiger partial charge is 0.407 e. The zero-order chi connectivity index (χ0) is 36.7. The van der Waals surface area contributed by atoms with Crippen molar-refractivity contribution in [3.63, 3.8) is 0 Å². The number of nitrogens with one attached hydrogen (secondary N) is 3. The molecule has 3 heterocycles. The highest BCUT2D eigenvalue weighted by Crippen LogP contribution is 2.45. The number of amides is 4. The van der Waals surface area contributed by atoms with Crippen LogP contribution in [-0.2, 0) is 35.6 Å². The van der Waals surface area contributed by atoms with E-state index in [1.807, 2.05) is 6.07 Å². The Morgan fingerprint density at radius 3 is 2.57 bits per heavy atom. The molecule has 51 heavy (non-hydrogen) atoms. The number of ether oxygens (including phenoxy) is 2. The Morgan fingerprint density at radius 2 is 1.88 bits per heavy atom. The highest BCUT2D eigenvalue weighted by atomic mass is 79.9. The third-order valence-corrected chi connectivity index (χ3v) is 12.7. The topological polar surface area (TPSA) is 173 Å². The zero-order valence-electron chi connectivity index (χ0n) is 29.2. The second kappa shape index (κ2) is 14.4. The molecule has 1 aromatic heterocycles. The van der Waals surface area contributed by atoms with Crippen LogP contribution < -0.4 is 20.1 Å². The van der Waals surface area contributed by atoms with E-state index in [0.717, 1.165) is 46.5 Å². The molecule has 4 amide bonds. The summed E-state index contributed by atoms with van der Waals surface area (Å²) in [6.45, 7) is 9.37. The van der Waals surface area contributed by atoms with Crippen LogP contribution >= 0.6 is 15.9 Å². The summed E-state index contributed by atoms with van der Waals surface area (Å²) in [5.41, 5.74) is -1.22. The second-order valence-corrected chi connectivity index (χ2v) is 18.0. The molecule has 1 aromatic carbocycles. The first-order valence-electron chi connectivity index (χ1n) is 17.6. The van der Waals surface area contributed by atoms with Crippen molar-refractivity contribution < 1.29 is 37.1 Å². The van der Waals surface area contributed by atoms with Crippen LogP contribution in [0.4, 0.5) is 4.79 Å². The van der Waals surface area contributed by atoms with E-state index in [1.54, 1.807) is 27.0 Å². The molecule has 0 radical (unpaired) electrons. The lowest BCUT2D eigenvalue weighted by Gasteiger charge is -2.35. The fourth-order valence-electron chi connectivity index (χ4n) is 6.98. The van der Waals surface area contributed by atoms with Crippen molar-refractivity contribution in [2.24, 2.45) is 11.3 Å². The van der Waals surface area contributed by atoms with Gasteiger partial charge in [0.1, 0.15) is 23.7 Å². The van der Waals surface area contributed by atoms with Gasteiger partial charge in [0.2, 0.25) is 27.7 Å². The van der Waals surface area contributed by atoms with Gasteiger partial charge in [-0.1, -0.05) is 55.6 Å². The fraction of sp³-hybridized carbons (Fsp3) is 0.583. The van der Waals surface area contributed by atoms with Gasteiger partial charge in [-0.3, -0.25) is 19.1 Å². The van der Waals surface area contributed by atoms with Gasteiger partial charge in [0.05, 0.1) is 18.4 Å². The first-order chi connectivity index (χ1) is 24.1. The number of hydrogen-bond acceptors (Lipinski definition) is 9. The molecule has 15 heteroatoms. The van der Waals surface area contributed by atoms with Gasteiger partial charge >= 0.3 is 6.09 Å². The average Bonchev–Trinajstić information content (AvgIpc) is 3.99. The Hall–Kier alpha value is -3.72. The van der Waals surface area contributed by atoms with Crippen LogP contribution in [0.5, 0.6) is 5.88 Å². The van der Waals surface area contributed by atoms with Crippen molar-refractivity contribution in [2.75, 3.05) is 13.2 Å². The number of rotatable bonds is 6. The van der Waals surface area contributed by atoms with Crippen LogP contribution in [0.25, 0.3) is 10.8 Å². The molecular weight excluding hydrogens is 742 g/mol. The number of alkyl carbamates (subject to hydrolysis) is 1. The van der Waals surface area contributed by atoms with Gasteiger partial charge in [0, 0.05) is 33.8 Å². The van der Waals surface area contributed by atoms with Crippen molar-refractivity contribution in [3.05, 3.63) is 47.1 Å². The molecule has 1 saturated heterocycles. The molecule has 13 nitrogen and oxygen atoms in total. The number of carbonyl (C=O) groups is 4. The van der Waals surface area contributed by atoms with Crippen molar-refractivity contribution >= 4 is 60.5 Å². The predicted octanol–water partition coefficient (Wildman–Crippen LogP) is 4.27. The SMILES string of the molecule is C=C[C@H]1C[C@]1(NC(=O)[C@@H]1C[C@@H]2CN1C(=O)[C@H](C(C)(C)C)NC(=O)OCCCCCCc1cc(Br)c3ccnc(c3c1)O2)C(=O)NS(=O)(=O)C1CC1. The van der Waals surface area contributed by atoms with Crippen molar-refractivity contribution in [2.45, 2.75) is 108 Å². The van der Waals surface area contributed by atoms with Crippen LogP contribution in [0, 0.1) is 11.3 Å². The molecule has 5 atom stereocenters. The summed E-state index contributed by atoms with van der Waals surface area (Å²) < 4.78 is 40.4. The van der Waals surface area contributed by atoms with E-state index in [-0.39, 0.29) is 26.0 Å². The van der Waals surface area contributed by atoms with Crippen LogP contribution in [0.15, 0.2) is 41.5 Å². The van der Waals surface area contributed by atoms with Crippen molar-refractivity contribution in [1.82, 2.24) is 25.2 Å². The van der Waals surface area contributed by atoms with Gasteiger partial charge in [-0.05, 0) is 67.7 Å². The Morgan fingerprint density at radius 1 is 1.14 bits per heavy atom. The number of nitrogens with zero attached hydrogens (tertiary/aromatic N) is 2. The molecular formula is C36H46BrN5O8S. The number of pyridine rings is 1. The van der Waals surface area contributed by atoms with E-state index in [0.29, 0.717) is 25.1 Å². The average molecular weight is 789 g/mol. The van der Waals surface area contributed by atoms with Crippen LogP contribution in [0.3, 0.4) is 0 Å². The number of benzene rings is 1. The lowest BCUT2D eigenvalue weighted by atomic mass is 9.85. The van der Waals surface area contributed by atoms with Gasteiger partial charge in [0.15, 0.2) is 0 Å². The summed E-state index contributed by atoms with van der Waals surface area (Å²) in [7, 11) is -3.89. The monoisotopic (exact) mass is 787 g/mol. The van der Waals surface area contributed by atoms with E-state index in [9.17, 15) is 27.6 Å². The fourth-order valence-corrected chi connectivity index (χ4v) is 8.99. The summed E-state index contributed by atoms with van der Waals surface area (Å²) in [6, 6.07) is 3.84. The number of cyclic esters (lactones) is 1. The lowest BCUT2D eigenvalue weighted by molar-refractivity contribution is -0.142. The van der Waals surface area contributed by atoms with Gasteiger partial charge < -0.3 is 25.0 Å². The number of hydrogen-bond donors (Lipinski definition) is 3. The van der Waals surface area contributed by atoms with Gasteiger partial charge in [-0.25, -0.2) is 18.2 Å². The van der Waals surface area contributed by atoms with E-state index >= 15 is 0 Å². The number of halogens is 1. The maximum atomic E-state index is 14.5. The molecule has 0 spiro atoms. The normalized spacial score (nSPS) is 27.6.